The van der Waals surface area contributed by atoms with E-state index < -0.39 is 12.0 Å². The smallest absolute Gasteiger partial charge is 0.327 e. The normalized spacial score (nSPS) is 24.9. The Morgan fingerprint density at radius 2 is 2.28 bits per heavy atom. The monoisotopic (exact) mass is 276 g/mol. The lowest BCUT2D eigenvalue weighted by Crippen LogP contribution is -2.51. The Kier molecular flexibility index (Phi) is 5.74. The summed E-state index contributed by atoms with van der Waals surface area (Å²) >= 11 is 1.51. The molecule has 0 saturated carbocycles. The van der Waals surface area contributed by atoms with Crippen molar-refractivity contribution in [2.75, 3.05) is 19.4 Å². The lowest BCUT2D eigenvalue weighted by Gasteiger charge is -2.27. The number of carboxylic acids is 1. The summed E-state index contributed by atoms with van der Waals surface area (Å²) in [4.78, 5) is 24.6. The van der Waals surface area contributed by atoms with E-state index in [9.17, 15) is 9.59 Å². The maximum Gasteiger partial charge on any atom is 0.327 e. The fourth-order valence-corrected chi connectivity index (χ4v) is 3.09. The Bertz CT molecular complexity index is 313. The van der Waals surface area contributed by atoms with E-state index in [-0.39, 0.29) is 17.5 Å². The Labute approximate surface area is 111 Å². The minimum absolute atomic E-state index is 0.0658. The molecule has 1 fully saturated rings. The molecule has 1 aliphatic rings. The van der Waals surface area contributed by atoms with E-state index in [0.717, 1.165) is 6.42 Å². The van der Waals surface area contributed by atoms with Crippen molar-refractivity contribution in [3.05, 3.63) is 0 Å². The van der Waals surface area contributed by atoms with Crippen LogP contribution in [0, 0.1) is 0 Å². The molecular weight excluding hydrogens is 256 g/mol. The fraction of sp³-hybridized carbons (Fsp3) is 0.818. The highest BCUT2D eigenvalue weighted by Gasteiger charge is 2.40. The standard InChI is InChI=1S/C11H20N2O4S/c1-4-9-13(8(6-18-9)10(14)15)11(16)12-5-7(2)17-3/h7-9H,4-6H2,1-3H3,(H,12,16)(H,14,15). The molecule has 0 aromatic heterocycles. The summed E-state index contributed by atoms with van der Waals surface area (Å²) in [6.45, 7) is 4.16. The van der Waals surface area contributed by atoms with E-state index in [2.05, 4.69) is 5.32 Å². The van der Waals surface area contributed by atoms with Crippen LogP contribution < -0.4 is 5.32 Å². The number of aliphatic carboxylic acids is 1. The number of nitrogens with zero attached hydrogens (tertiary/aromatic N) is 1. The van der Waals surface area contributed by atoms with E-state index in [1.165, 1.54) is 16.7 Å². The first kappa shape index (κ1) is 15.1. The van der Waals surface area contributed by atoms with Crippen LogP contribution in [0.2, 0.25) is 0 Å². The Balaban J connectivity index is 2.63. The quantitative estimate of drug-likeness (QED) is 0.782. The molecule has 3 unspecified atom stereocenters. The molecule has 1 heterocycles. The van der Waals surface area contributed by atoms with Crippen molar-refractivity contribution in [1.29, 1.82) is 0 Å². The number of carbonyl (C=O) groups excluding carboxylic acids is 1. The minimum Gasteiger partial charge on any atom is -0.480 e. The van der Waals surface area contributed by atoms with Crippen LogP contribution in [0.4, 0.5) is 4.79 Å². The summed E-state index contributed by atoms with van der Waals surface area (Å²) in [6, 6.07) is -1.07. The number of amides is 2. The van der Waals surface area contributed by atoms with Crippen molar-refractivity contribution >= 4 is 23.8 Å². The molecule has 0 spiro atoms. The average molecular weight is 276 g/mol. The zero-order chi connectivity index (χ0) is 13.7. The third-order valence-corrected chi connectivity index (χ3v) is 4.36. The van der Waals surface area contributed by atoms with Crippen LogP contribution in [-0.4, -0.2) is 58.9 Å². The van der Waals surface area contributed by atoms with Crippen molar-refractivity contribution in [3.8, 4) is 0 Å². The van der Waals surface area contributed by atoms with Gasteiger partial charge in [-0.3, -0.25) is 4.90 Å². The van der Waals surface area contributed by atoms with Crippen LogP contribution in [0.25, 0.3) is 0 Å². The van der Waals surface area contributed by atoms with E-state index in [0.29, 0.717) is 12.3 Å². The van der Waals surface area contributed by atoms with Crippen LogP contribution >= 0.6 is 11.8 Å². The van der Waals surface area contributed by atoms with Crippen molar-refractivity contribution in [3.63, 3.8) is 0 Å². The molecule has 2 amide bonds. The lowest BCUT2D eigenvalue weighted by molar-refractivity contribution is -0.141. The highest BCUT2D eigenvalue weighted by Crippen LogP contribution is 2.31. The number of hydrogen-bond acceptors (Lipinski definition) is 4. The summed E-state index contributed by atoms with van der Waals surface area (Å²) < 4.78 is 5.04. The Morgan fingerprint density at radius 1 is 1.61 bits per heavy atom. The predicted molar refractivity (Wildman–Crippen MR) is 69.7 cm³/mol. The zero-order valence-electron chi connectivity index (χ0n) is 10.9. The van der Waals surface area contributed by atoms with Gasteiger partial charge in [-0.15, -0.1) is 11.8 Å². The molecule has 0 aliphatic carbocycles. The fourth-order valence-electron chi connectivity index (χ4n) is 1.75. The van der Waals surface area contributed by atoms with E-state index in [1.54, 1.807) is 7.11 Å². The second-order valence-corrected chi connectivity index (χ2v) is 5.40. The van der Waals surface area contributed by atoms with Gasteiger partial charge in [0, 0.05) is 19.4 Å². The largest absolute Gasteiger partial charge is 0.480 e. The number of thioether (sulfide) groups is 1. The SMILES string of the molecule is CCC1SCC(C(=O)O)N1C(=O)NCC(C)OC. The molecule has 1 saturated heterocycles. The van der Waals surface area contributed by atoms with Gasteiger partial charge in [0.25, 0.3) is 0 Å². The molecule has 0 aromatic rings. The van der Waals surface area contributed by atoms with E-state index in [1.807, 2.05) is 13.8 Å². The highest BCUT2D eigenvalue weighted by atomic mass is 32.2. The molecule has 7 heteroatoms. The summed E-state index contributed by atoms with van der Waals surface area (Å²) in [5.74, 6) is -0.505. The van der Waals surface area contributed by atoms with Crippen molar-refractivity contribution < 1.29 is 19.4 Å². The van der Waals surface area contributed by atoms with Crippen LogP contribution in [-0.2, 0) is 9.53 Å². The van der Waals surface area contributed by atoms with Crippen molar-refractivity contribution in [2.24, 2.45) is 0 Å². The molecule has 1 rings (SSSR count). The third-order valence-electron chi connectivity index (χ3n) is 2.90. The number of carbonyl (C=O) groups is 2. The molecule has 18 heavy (non-hydrogen) atoms. The van der Waals surface area contributed by atoms with Gasteiger partial charge in [-0.25, -0.2) is 9.59 Å². The van der Waals surface area contributed by atoms with E-state index in [4.69, 9.17) is 9.84 Å². The maximum absolute atomic E-state index is 12.0. The van der Waals surface area contributed by atoms with Crippen LogP contribution in [0.15, 0.2) is 0 Å². The first-order chi connectivity index (χ1) is 8.51. The number of carboxylic acid groups (broad SMARTS) is 1. The molecule has 104 valence electrons. The molecule has 0 radical (unpaired) electrons. The summed E-state index contributed by atoms with van der Waals surface area (Å²) in [5, 5.41) is 11.8. The molecule has 3 atom stereocenters. The summed E-state index contributed by atoms with van der Waals surface area (Å²) in [5.41, 5.74) is 0. The Hall–Kier alpha value is -0.950. The summed E-state index contributed by atoms with van der Waals surface area (Å²) in [7, 11) is 1.57. The number of nitrogens with one attached hydrogen (secondary N) is 1. The first-order valence-corrected chi connectivity index (χ1v) is 6.99. The van der Waals surface area contributed by atoms with Gasteiger partial charge in [0.15, 0.2) is 0 Å². The molecule has 2 N–H and O–H groups in total. The van der Waals surface area contributed by atoms with Gasteiger partial charge >= 0.3 is 12.0 Å². The van der Waals surface area contributed by atoms with E-state index >= 15 is 0 Å². The number of hydrogen-bond donors (Lipinski definition) is 2. The van der Waals surface area contributed by atoms with Gasteiger partial charge in [-0.1, -0.05) is 6.92 Å². The number of ether oxygens (including phenoxy) is 1. The zero-order valence-corrected chi connectivity index (χ0v) is 11.7. The summed E-state index contributed by atoms with van der Waals surface area (Å²) in [6.07, 6.45) is 0.648. The van der Waals surface area contributed by atoms with Gasteiger partial charge in [0.1, 0.15) is 6.04 Å². The van der Waals surface area contributed by atoms with Gasteiger partial charge < -0.3 is 15.2 Å². The van der Waals surface area contributed by atoms with Crippen LogP contribution in [0.3, 0.4) is 0 Å². The van der Waals surface area contributed by atoms with Gasteiger partial charge in [-0.05, 0) is 13.3 Å². The second-order valence-electron chi connectivity index (χ2n) is 4.19. The highest BCUT2D eigenvalue weighted by molar-refractivity contribution is 8.00. The van der Waals surface area contributed by atoms with Gasteiger partial charge in [0.2, 0.25) is 0 Å². The molecule has 1 aliphatic heterocycles. The Morgan fingerprint density at radius 3 is 2.78 bits per heavy atom. The lowest BCUT2D eigenvalue weighted by atomic mass is 10.2. The minimum atomic E-state index is -0.951. The van der Waals surface area contributed by atoms with Gasteiger partial charge in [-0.2, -0.15) is 0 Å². The number of urea groups is 1. The van der Waals surface area contributed by atoms with Crippen molar-refractivity contribution in [2.45, 2.75) is 37.8 Å². The first-order valence-electron chi connectivity index (χ1n) is 5.94. The van der Waals surface area contributed by atoms with Gasteiger partial charge in [0.05, 0.1) is 11.5 Å². The molecular formula is C11H20N2O4S. The average Bonchev–Trinajstić information content (AvgIpc) is 2.79. The molecule has 6 nitrogen and oxygen atoms in total. The number of methoxy groups -OCH3 is 1. The maximum atomic E-state index is 12.0. The third kappa shape index (κ3) is 3.52. The molecule has 0 aromatic carbocycles. The second kappa shape index (κ2) is 6.84. The molecule has 0 bridgehead atoms. The number of rotatable bonds is 5. The predicted octanol–water partition coefficient (Wildman–Crippen LogP) is 0.969. The topological polar surface area (TPSA) is 78.9 Å². The van der Waals surface area contributed by atoms with Crippen LogP contribution in [0.5, 0.6) is 0 Å². The van der Waals surface area contributed by atoms with Crippen LogP contribution in [0.1, 0.15) is 20.3 Å². The van der Waals surface area contributed by atoms with Crippen molar-refractivity contribution in [1.82, 2.24) is 10.2 Å².